The van der Waals surface area contributed by atoms with E-state index in [0.29, 0.717) is 12.4 Å². The van der Waals surface area contributed by atoms with Gasteiger partial charge in [0.25, 0.3) is 0 Å². The van der Waals surface area contributed by atoms with Crippen molar-refractivity contribution in [2.75, 3.05) is 32.8 Å². The number of morpholine rings is 1. The first-order chi connectivity index (χ1) is 12.1. The summed E-state index contributed by atoms with van der Waals surface area (Å²) in [6.45, 7) is 8.72. The second-order valence-corrected chi connectivity index (χ2v) is 6.34. The molecule has 25 heavy (non-hydrogen) atoms. The van der Waals surface area contributed by atoms with E-state index in [2.05, 4.69) is 15.0 Å². The third kappa shape index (κ3) is 5.24. The minimum atomic E-state index is -0.246. The van der Waals surface area contributed by atoms with Crippen molar-refractivity contribution in [3.05, 3.63) is 41.7 Å². The summed E-state index contributed by atoms with van der Waals surface area (Å²) < 4.78 is 26.3. The molecule has 0 bridgehead atoms. The molecule has 2 aromatic rings. The molecule has 6 nitrogen and oxygen atoms in total. The average molecular weight is 348 g/mol. The van der Waals surface area contributed by atoms with Crippen LogP contribution in [0.15, 0.2) is 24.3 Å². The zero-order valence-corrected chi connectivity index (χ0v) is 14.8. The highest BCUT2D eigenvalue weighted by molar-refractivity contribution is 5.21. The third-order valence-corrected chi connectivity index (χ3v) is 4.26. The molecule has 3 rings (SSSR count). The summed E-state index contributed by atoms with van der Waals surface area (Å²) in [4.78, 5) is 6.72. The predicted molar refractivity (Wildman–Crippen MR) is 92.2 cm³/mol. The van der Waals surface area contributed by atoms with Crippen LogP contribution in [0.25, 0.3) is 0 Å². The molecule has 136 valence electrons. The van der Waals surface area contributed by atoms with Crippen LogP contribution in [-0.2, 0) is 11.3 Å². The summed E-state index contributed by atoms with van der Waals surface area (Å²) in [5, 5.41) is 4.40. The van der Waals surface area contributed by atoms with Gasteiger partial charge < -0.3 is 9.47 Å². The average Bonchev–Trinajstić information content (AvgIpc) is 2.91. The van der Waals surface area contributed by atoms with Crippen molar-refractivity contribution in [2.24, 2.45) is 0 Å². The van der Waals surface area contributed by atoms with Gasteiger partial charge in [-0.15, -0.1) is 0 Å². The Morgan fingerprint density at radius 3 is 2.80 bits per heavy atom. The summed E-state index contributed by atoms with van der Waals surface area (Å²) in [6.07, 6.45) is 1.05. The van der Waals surface area contributed by atoms with E-state index in [0.717, 1.165) is 50.9 Å². The summed E-state index contributed by atoms with van der Waals surface area (Å²) >= 11 is 0. The molecule has 0 aliphatic carbocycles. The molecular formula is C18H25FN4O2. The lowest BCUT2D eigenvalue weighted by molar-refractivity contribution is -0.0387. The molecule has 1 atom stereocenters. The normalized spacial score (nSPS) is 18.4. The molecule has 1 saturated heterocycles. The maximum atomic E-state index is 12.9. The highest BCUT2D eigenvalue weighted by atomic mass is 19.1. The van der Waals surface area contributed by atoms with Gasteiger partial charge in [-0.3, -0.25) is 4.90 Å². The molecule has 0 radical (unpaired) electrons. The number of aromatic nitrogens is 3. The molecule has 0 spiro atoms. The van der Waals surface area contributed by atoms with Crippen molar-refractivity contribution >= 4 is 0 Å². The second-order valence-electron chi connectivity index (χ2n) is 6.34. The highest BCUT2D eigenvalue weighted by Gasteiger charge is 2.21. The van der Waals surface area contributed by atoms with Crippen LogP contribution in [0.2, 0.25) is 0 Å². The van der Waals surface area contributed by atoms with Crippen molar-refractivity contribution in [1.29, 1.82) is 0 Å². The van der Waals surface area contributed by atoms with Gasteiger partial charge in [0.05, 0.1) is 25.9 Å². The molecule has 7 heteroatoms. The number of halogens is 1. The molecule has 1 aliphatic rings. The Balaban J connectivity index is 1.39. The molecule has 0 unspecified atom stereocenters. The van der Waals surface area contributed by atoms with Crippen LogP contribution in [0, 0.1) is 19.7 Å². The molecule has 0 N–H and O–H groups in total. The summed E-state index contributed by atoms with van der Waals surface area (Å²) in [5.74, 6) is 2.18. The standard InChI is InChI=1S/C18H25FN4O2/c1-14-20-15(2)23(21-14)13-18-12-22(9-11-25-18)8-3-10-24-17-6-4-16(19)5-7-17/h4-7,18H,3,8-13H2,1-2H3/t18-/m1/s1. The maximum Gasteiger partial charge on any atom is 0.147 e. The van der Waals surface area contributed by atoms with E-state index in [1.165, 1.54) is 12.1 Å². The lowest BCUT2D eigenvalue weighted by atomic mass is 10.2. The van der Waals surface area contributed by atoms with Gasteiger partial charge in [-0.1, -0.05) is 0 Å². The van der Waals surface area contributed by atoms with E-state index in [4.69, 9.17) is 9.47 Å². The van der Waals surface area contributed by atoms with Gasteiger partial charge in [-0.05, 0) is 44.5 Å². The Bertz CT molecular complexity index is 674. The van der Waals surface area contributed by atoms with E-state index in [1.54, 1.807) is 12.1 Å². The predicted octanol–water partition coefficient (Wildman–Crippen LogP) is 2.20. The fourth-order valence-electron chi connectivity index (χ4n) is 3.03. The van der Waals surface area contributed by atoms with Gasteiger partial charge in [0.2, 0.25) is 0 Å². The topological polar surface area (TPSA) is 52.4 Å². The summed E-state index contributed by atoms with van der Waals surface area (Å²) in [7, 11) is 0. The zero-order chi connectivity index (χ0) is 17.6. The third-order valence-electron chi connectivity index (χ3n) is 4.26. The number of aryl methyl sites for hydroxylation is 2. The maximum absolute atomic E-state index is 12.9. The zero-order valence-electron chi connectivity index (χ0n) is 14.8. The van der Waals surface area contributed by atoms with Crippen molar-refractivity contribution < 1.29 is 13.9 Å². The van der Waals surface area contributed by atoms with Crippen LogP contribution in [0.4, 0.5) is 4.39 Å². The van der Waals surface area contributed by atoms with Crippen molar-refractivity contribution in [1.82, 2.24) is 19.7 Å². The number of hydrogen-bond acceptors (Lipinski definition) is 5. The number of nitrogens with zero attached hydrogens (tertiary/aromatic N) is 4. The minimum absolute atomic E-state index is 0.131. The van der Waals surface area contributed by atoms with E-state index in [1.807, 2.05) is 18.5 Å². The minimum Gasteiger partial charge on any atom is -0.494 e. The molecule has 1 aromatic carbocycles. The van der Waals surface area contributed by atoms with Crippen molar-refractivity contribution in [2.45, 2.75) is 32.9 Å². The molecule has 1 aliphatic heterocycles. The Labute approximate surface area is 147 Å². The molecule has 1 fully saturated rings. The van der Waals surface area contributed by atoms with Gasteiger partial charge in [-0.2, -0.15) is 5.10 Å². The Morgan fingerprint density at radius 1 is 1.28 bits per heavy atom. The van der Waals surface area contributed by atoms with Crippen LogP contribution in [0.5, 0.6) is 5.75 Å². The lowest BCUT2D eigenvalue weighted by Crippen LogP contribution is -2.45. The smallest absolute Gasteiger partial charge is 0.147 e. The number of ether oxygens (including phenoxy) is 2. The second kappa shape index (κ2) is 8.40. The van der Waals surface area contributed by atoms with Gasteiger partial charge in [0, 0.05) is 19.6 Å². The van der Waals surface area contributed by atoms with E-state index < -0.39 is 0 Å². The highest BCUT2D eigenvalue weighted by Crippen LogP contribution is 2.12. The molecule has 0 amide bonds. The first kappa shape index (κ1) is 17.8. The van der Waals surface area contributed by atoms with Crippen LogP contribution < -0.4 is 4.74 Å². The Morgan fingerprint density at radius 2 is 2.08 bits per heavy atom. The van der Waals surface area contributed by atoms with E-state index >= 15 is 0 Å². The van der Waals surface area contributed by atoms with Gasteiger partial charge in [-0.25, -0.2) is 14.1 Å². The summed E-state index contributed by atoms with van der Waals surface area (Å²) in [6, 6.07) is 6.14. The van der Waals surface area contributed by atoms with Gasteiger partial charge in [0.15, 0.2) is 0 Å². The van der Waals surface area contributed by atoms with Crippen molar-refractivity contribution in [3.63, 3.8) is 0 Å². The van der Waals surface area contributed by atoms with E-state index in [-0.39, 0.29) is 11.9 Å². The Hall–Kier alpha value is -1.99. The quantitative estimate of drug-likeness (QED) is 0.718. The molecule has 0 saturated carbocycles. The van der Waals surface area contributed by atoms with Gasteiger partial charge in [0.1, 0.15) is 23.2 Å². The van der Waals surface area contributed by atoms with Crippen LogP contribution in [0.3, 0.4) is 0 Å². The largest absolute Gasteiger partial charge is 0.494 e. The number of rotatable bonds is 7. The summed E-state index contributed by atoms with van der Waals surface area (Å²) in [5.41, 5.74) is 0. The fraction of sp³-hybridized carbons (Fsp3) is 0.556. The van der Waals surface area contributed by atoms with Crippen molar-refractivity contribution in [3.8, 4) is 5.75 Å². The Kier molecular flexibility index (Phi) is 5.99. The van der Waals surface area contributed by atoms with Crippen LogP contribution >= 0.6 is 0 Å². The molecule has 2 heterocycles. The fourth-order valence-corrected chi connectivity index (χ4v) is 3.03. The van der Waals surface area contributed by atoms with E-state index in [9.17, 15) is 4.39 Å². The SMILES string of the molecule is Cc1nc(C)n(C[C@H]2CN(CCCOc3ccc(F)cc3)CCO2)n1. The molecule has 1 aromatic heterocycles. The van der Waals surface area contributed by atoms with Gasteiger partial charge >= 0.3 is 0 Å². The first-order valence-corrected chi connectivity index (χ1v) is 8.70. The first-order valence-electron chi connectivity index (χ1n) is 8.70. The van der Waals surface area contributed by atoms with Crippen LogP contribution in [-0.4, -0.2) is 58.6 Å². The number of benzene rings is 1. The molecular weight excluding hydrogens is 323 g/mol. The number of hydrogen-bond donors (Lipinski definition) is 0. The lowest BCUT2D eigenvalue weighted by Gasteiger charge is -2.32. The van der Waals surface area contributed by atoms with Crippen LogP contribution in [0.1, 0.15) is 18.1 Å². The monoisotopic (exact) mass is 348 g/mol.